The molecule has 3 heterocycles. The SMILES string of the molecule is [C-]#[N+]c1ccccc1CN1CCC(Nc2ncnc3sc(Cl)c(C)c23)CC1. The van der Waals surface area contributed by atoms with Gasteiger partial charge in [0.25, 0.3) is 0 Å². The highest BCUT2D eigenvalue weighted by molar-refractivity contribution is 7.22. The number of piperidine rings is 1. The third kappa shape index (κ3) is 3.77. The molecule has 1 fully saturated rings. The van der Waals surface area contributed by atoms with Crippen LogP contribution in [0.25, 0.3) is 15.1 Å². The van der Waals surface area contributed by atoms with Crippen molar-refractivity contribution in [3.63, 3.8) is 0 Å². The fourth-order valence-corrected chi connectivity index (χ4v) is 4.77. The van der Waals surface area contributed by atoms with E-state index in [9.17, 15) is 0 Å². The molecule has 1 N–H and O–H groups in total. The summed E-state index contributed by atoms with van der Waals surface area (Å²) in [5.41, 5.74) is 2.92. The molecule has 0 aliphatic carbocycles. The van der Waals surface area contributed by atoms with Crippen molar-refractivity contribution in [1.82, 2.24) is 14.9 Å². The van der Waals surface area contributed by atoms with E-state index in [1.807, 2.05) is 25.1 Å². The van der Waals surface area contributed by atoms with Gasteiger partial charge >= 0.3 is 0 Å². The molecule has 7 heteroatoms. The normalized spacial score (nSPS) is 15.7. The first-order valence-corrected chi connectivity index (χ1v) is 10.2. The molecule has 0 radical (unpaired) electrons. The van der Waals surface area contributed by atoms with Gasteiger partial charge in [0.1, 0.15) is 17.0 Å². The van der Waals surface area contributed by atoms with Crippen molar-refractivity contribution in [1.29, 1.82) is 0 Å². The van der Waals surface area contributed by atoms with Gasteiger partial charge in [0, 0.05) is 25.7 Å². The van der Waals surface area contributed by atoms with Gasteiger partial charge in [-0.2, -0.15) is 0 Å². The molecule has 1 aliphatic heterocycles. The van der Waals surface area contributed by atoms with Gasteiger partial charge in [-0.3, -0.25) is 0 Å². The van der Waals surface area contributed by atoms with Crippen LogP contribution in [0, 0.1) is 13.5 Å². The third-order valence-electron chi connectivity index (χ3n) is 5.10. The second-order valence-electron chi connectivity index (χ2n) is 6.84. The second kappa shape index (κ2) is 7.81. The lowest BCUT2D eigenvalue weighted by Gasteiger charge is -2.33. The Kier molecular flexibility index (Phi) is 5.26. The summed E-state index contributed by atoms with van der Waals surface area (Å²) < 4.78 is 0.779. The van der Waals surface area contributed by atoms with Gasteiger partial charge in [-0.1, -0.05) is 35.9 Å². The maximum absolute atomic E-state index is 7.32. The average Bonchev–Trinajstić information content (AvgIpc) is 2.99. The lowest BCUT2D eigenvalue weighted by atomic mass is 10.0. The Balaban J connectivity index is 1.41. The van der Waals surface area contributed by atoms with Crippen molar-refractivity contribution in [2.45, 2.75) is 32.4 Å². The Morgan fingerprint density at radius 2 is 2.07 bits per heavy atom. The first-order chi connectivity index (χ1) is 13.2. The Bertz CT molecular complexity index is 1000. The number of hydrogen-bond donors (Lipinski definition) is 1. The molecule has 1 aliphatic rings. The van der Waals surface area contributed by atoms with Crippen molar-refractivity contribution in [3.8, 4) is 0 Å². The molecular weight excluding hydrogens is 378 g/mol. The van der Waals surface area contributed by atoms with Crippen molar-refractivity contribution in [2.75, 3.05) is 18.4 Å². The summed E-state index contributed by atoms with van der Waals surface area (Å²) in [5, 5.41) is 4.65. The molecule has 0 saturated carbocycles. The molecule has 3 aromatic rings. The van der Waals surface area contributed by atoms with Gasteiger partial charge in [-0.05, 0) is 30.9 Å². The molecule has 1 aromatic carbocycles. The number of anilines is 1. The molecule has 2 aromatic heterocycles. The fraction of sp³-hybridized carbons (Fsp3) is 0.350. The van der Waals surface area contributed by atoms with Gasteiger partial charge in [0.15, 0.2) is 5.69 Å². The minimum absolute atomic E-state index is 0.383. The smallest absolute Gasteiger partial charge is 0.191 e. The van der Waals surface area contributed by atoms with E-state index in [0.717, 1.165) is 69.7 Å². The first kappa shape index (κ1) is 18.2. The summed E-state index contributed by atoms with van der Waals surface area (Å²) in [6.45, 7) is 12.2. The standard InChI is InChI=1S/C20H20ClN5S/c1-13-17-19(23-12-24-20(17)27-18(13)21)25-15-7-9-26(10-8-15)11-14-5-3-4-6-16(14)22-2/h3-6,12,15H,7-11H2,1H3,(H,23,24,25). The Hall–Kier alpha value is -2.20. The molecule has 138 valence electrons. The number of aryl methyl sites for hydroxylation is 1. The van der Waals surface area contributed by atoms with Crippen LogP contribution in [0.5, 0.6) is 0 Å². The quantitative estimate of drug-likeness (QED) is 0.608. The van der Waals surface area contributed by atoms with Crippen molar-refractivity contribution < 1.29 is 0 Å². The van der Waals surface area contributed by atoms with E-state index in [2.05, 4.69) is 31.1 Å². The fourth-order valence-electron chi connectivity index (χ4n) is 3.58. The largest absolute Gasteiger partial charge is 0.367 e. The van der Waals surface area contributed by atoms with Crippen LogP contribution < -0.4 is 5.32 Å². The number of nitrogens with zero attached hydrogens (tertiary/aromatic N) is 4. The van der Waals surface area contributed by atoms with Crippen molar-refractivity contribution in [2.24, 2.45) is 0 Å². The lowest BCUT2D eigenvalue weighted by molar-refractivity contribution is 0.211. The molecule has 4 rings (SSSR count). The van der Waals surface area contributed by atoms with Crippen molar-refractivity contribution in [3.05, 3.63) is 57.5 Å². The van der Waals surface area contributed by atoms with E-state index >= 15 is 0 Å². The number of likely N-dealkylation sites (tertiary alicyclic amines) is 1. The van der Waals surface area contributed by atoms with Crippen LogP contribution in [-0.2, 0) is 6.54 Å². The van der Waals surface area contributed by atoms with E-state index in [-0.39, 0.29) is 0 Å². The van der Waals surface area contributed by atoms with Crippen LogP contribution in [0.2, 0.25) is 4.34 Å². The predicted molar refractivity (Wildman–Crippen MR) is 112 cm³/mol. The Morgan fingerprint density at radius 1 is 1.30 bits per heavy atom. The number of benzene rings is 1. The summed E-state index contributed by atoms with van der Waals surface area (Å²) in [6, 6.07) is 8.26. The number of halogens is 1. The highest BCUT2D eigenvalue weighted by Crippen LogP contribution is 2.36. The first-order valence-electron chi connectivity index (χ1n) is 8.99. The van der Waals surface area contributed by atoms with Gasteiger partial charge in [0.05, 0.1) is 16.3 Å². The van der Waals surface area contributed by atoms with Crippen LogP contribution in [0.3, 0.4) is 0 Å². The predicted octanol–water partition coefficient (Wildman–Crippen LogP) is 5.28. The molecule has 0 atom stereocenters. The minimum atomic E-state index is 0.383. The van der Waals surface area contributed by atoms with Crippen LogP contribution >= 0.6 is 22.9 Å². The number of aromatic nitrogens is 2. The molecule has 0 amide bonds. The van der Waals surface area contributed by atoms with E-state index in [1.54, 1.807) is 6.33 Å². The van der Waals surface area contributed by atoms with Crippen molar-refractivity contribution >= 4 is 44.7 Å². The van der Waals surface area contributed by atoms with E-state index < -0.39 is 0 Å². The molecule has 0 spiro atoms. The number of hydrogen-bond acceptors (Lipinski definition) is 5. The zero-order chi connectivity index (χ0) is 18.8. The maximum atomic E-state index is 7.32. The van der Waals surface area contributed by atoms with Crippen LogP contribution in [0.15, 0.2) is 30.6 Å². The lowest BCUT2D eigenvalue weighted by Crippen LogP contribution is -2.38. The maximum Gasteiger partial charge on any atom is 0.191 e. The summed E-state index contributed by atoms with van der Waals surface area (Å²) in [7, 11) is 0. The van der Waals surface area contributed by atoms with Gasteiger partial charge < -0.3 is 10.2 Å². The summed E-state index contributed by atoms with van der Waals surface area (Å²) in [5.74, 6) is 0.887. The zero-order valence-electron chi connectivity index (χ0n) is 15.1. The van der Waals surface area contributed by atoms with E-state index in [0.29, 0.717) is 6.04 Å². The topological polar surface area (TPSA) is 45.4 Å². The molecule has 1 saturated heterocycles. The van der Waals surface area contributed by atoms with Gasteiger partial charge in [0.2, 0.25) is 0 Å². The number of para-hydroxylation sites is 1. The average molecular weight is 398 g/mol. The molecule has 5 nitrogen and oxygen atoms in total. The third-order valence-corrected chi connectivity index (χ3v) is 6.61. The number of fused-ring (bicyclic) bond motifs is 1. The Morgan fingerprint density at radius 3 is 2.85 bits per heavy atom. The van der Waals surface area contributed by atoms with Crippen LogP contribution in [0.4, 0.5) is 11.5 Å². The zero-order valence-corrected chi connectivity index (χ0v) is 16.6. The molecule has 0 unspecified atom stereocenters. The number of nitrogens with one attached hydrogen (secondary N) is 1. The van der Waals surface area contributed by atoms with Gasteiger partial charge in [-0.25, -0.2) is 14.8 Å². The monoisotopic (exact) mass is 397 g/mol. The highest BCUT2D eigenvalue weighted by atomic mass is 35.5. The number of thiophene rings is 1. The minimum Gasteiger partial charge on any atom is -0.367 e. The van der Waals surface area contributed by atoms with E-state index in [1.165, 1.54) is 11.3 Å². The summed E-state index contributed by atoms with van der Waals surface area (Å²) >= 11 is 7.78. The van der Waals surface area contributed by atoms with E-state index in [4.69, 9.17) is 18.2 Å². The van der Waals surface area contributed by atoms with Crippen LogP contribution in [-0.4, -0.2) is 34.0 Å². The number of rotatable bonds is 4. The second-order valence-corrected chi connectivity index (χ2v) is 8.44. The molecule has 0 bridgehead atoms. The highest BCUT2D eigenvalue weighted by Gasteiger charge is 2.22. The Labute approximate surface area is 167 Å². The van der Waals surface area contributed by atoms with Crippen LogP contribution in [0.1, 0.15) is 24.0 Å². The molecule has 27 heavy (non-hydrogen) atoms. The molecular formula is C20H20ClN5S. The summed E-state index contributed by atoms with van der Waals surface area (Å²) in [4.78, 5) is 15.8. The van der Waals surface area contributed by atoms with Gasteiger partial charge in [-0.15, -0.1) is 11.3 Å². The summed E-state index contributed by atoms with van der Waals surface area (Å²) in [6.07, 6.45) is 3.69.